The molecule has 2 aliphatic heterocycles. The van der Waals surface area contributed by atoms with E-state index in [0.29, 0.717) is 68.1 Å². The Balaban J connectivity index is 1.39. The Kier molecular flexibility index (Phi) is 6.51. The first-order chi connectivity index (χ1) is 19.9. The molecule has 0 aromatic carbocycles. The summed E-state index contributed by atoms with van der Waals surface area (Å²) in [7, 11) is -2.35. The van der Waals surface area contributed by atoms with Gasteiger partial charge in [0.05, 0.1) is 24.5 Å². The van der Waals surface area contributed by atoms with Crippen LogP contribution in [0, 0.1) is 5.41 Å². The number of sulfonamides is 1. The van der Waals surface area contributed by atoms with Gasteiger partial charge in [0.15, 0.2) is 15.7 Å². The van der Waals surface area contributed by atoms with Crippen molar-refractivity contribution < 1.29 is 31.8 Å². The average Bonchev–Trinajstić information content (AvgIpc) is 3.76. The summed E-state index contributed by atoms with van der Waals surface area (Å²) >= 11 is 0.761. The lowest BCUT2D eigenvalue weighted by Gasteiger charge is -2.41. The number of anilines is 1. The Bertz CT molecular complexity index is 1640. The third kappa shape index (κ3) is 4.54. The van der Waals surface area contributed by atoms with Gasteiger partial charge in [0.2, 0.25) is 10.0 Å². The van der Waals surface area contributed by atoms with Crippen LogP contribution in [0.2, 0.25) is 0 Å². The van der Waals surface area contributed by atoms with Gasteiger partial charge in [-0.3, -0.25) is 4.40 Å². The number of aliphatic hydroxyl groups excluding tert-OH is 1. The normalized spacial score (nSPS) is 26.0. The van der Waals surface area contributed by atoms with Crippen molar-refractivity contribution in [3.05, 3.63) is 23.0 Å². The molecule has 3 aromatic rings. The van der Waals surface area contributed by atoms with Gasteiger partial charge in [-0.15, -0.1) is 10.2 Å². The molecule has 1 spiro atoms. The van der Waals surface area contributed by atoms with Gasteiger partial charge in [-0.25, -0.2) is 26.9 Å². The predicted molar refractivity (Wildman–Crippen MR) is 150 cm³/mol. The molecule has 15 heteroatoms. The van der Waals surface area contributed by atoms with Gasteiger partial charge in [-0.1, -0.05) is 11.3 Å². The average molecular weight is 625 g/mol. The van der Waals surface area contributed by atoms with Crippen molar-refractivity contribution in [2.75, 3.05) is 31.7 Å². The lowest BCUT2D eigenvalue weighted by atomic mass is 9.74. The maximum absolute atomic E-state index is 13.7. The van der Waals surface area contributed by atoms with Gasteiger partial charge >= 0.3 is 0 Å². The number of piperidine rings is 1. The standard InChI is InChI=1S/C27H34F2N6O5S2/c1-15-20(36)26(14-40-15)8-10-34(11-9-26)17-12-16(42(37,38)33-25(2)4-5-25)13-35-18(23-31-32-24(41-23)21(28)29)19(30-22(17)35)27(39-3)6-7-27/h12-13,15,20-21,33,36H,4-11,14H2,1-3H3/t15-,20+/m0/s1. The molecule has 0 bridgehead atoms. The minimum absolute atomic E-state index is 0.0438. The summed E-state index contributed by atoms with van der Waals surface area (Å²) in [4.78, 5) is 7.14. The number of nitrogens with zero attached hydrogens (tertiary/aromatic N) is 5. The summed E-state index contributed by atoms with van der Waals surface area (Å²) in [5.41, 5.74) is 0.462. The molecule has 7 rings (SSSR count). The first-order valence-electron chi connectivity index (χ1n) is 14.2. The molecular formula is C27H34F2N6O5S2. The van der Waals surface area contributed by atoms with E-state index < -0.39 is 38.7 Å². The van der Waals surface area contributed by atoms with Crippen LogP contribution in [0.15, 0.2) is 17.2 Å². The minimum atomic E-state index is -3.94. The summed E-state index contributed by atoms with van der Waals surface area (Å²) < 4.78 is 70.6. The number of fused-ring (bicyclic) bond motifs is 1. The number of halogens is 2. The zero-order valence-corrected chi connectivity index (χ0v) is 25.3. The van der Waals surface area contributed by atoms with E-state index in [0.717, 1.165) is 24.2 Å². The van der Waals surface area contributed by atoms with Crippen LogP contribution < -0.4 is 9.62 Å². The molecule has 42 heavy (non-hydrogen) atoms. The molecule has 0 unspecified atom stereocenters. The zero-order valence-electron chi connectivity index (χ0n) is 23.6. The van der Waals surface area contributed by atoms with Gasteiger partial charge in [-0.2, -0.15) is 0 Å². The molecule has 2 N–H and O–H groups in total. The smallest absolute Gasteiger partial charge is 0.291 e. The van der Waals surface area contributed by atoms with Crippen LogP contribution >= 0.6 is 11.3 Å². The summed E-state index contributed by atoms with van der Waals surface area (Å²) in [6, 6.07) is 1.64. The number of nitrogens with one attached hydrogen (secondary N) is 1. The predicted octanol–water partition coefficient (Wildman–Crippen LogP) is 3.62. The van der Waals surface area contributed by atoms with E-state index in [1.165, 1.54) is 6.20 Å². The number of methoxy groups -OCH3 is 1. The molecule has 0 amide bonds. The van der Waals surface area contributed by atoms with E-state index in [1.54, 1.807) is 17.6 Å². The highest BCUT2D eigenvalue weighted by Gasteiger charge is 2.51. The lowest BCUT2D eigenvalue weighted by Crippen LogP contribution is -2.47. The number of rotatable bonds is 8. The van der Waals surface area contributed by atoms with Gasteiger partial charge in [-0.05, 0) is 58.4 Å². The molecule has 4 fully saturated rings. The number of imidazole rings is 1. The Morgan fingerprint density at radius 1 is 1.19 bits per heavy atom. The van der Waals surface area contributed by atoms with Crippen LogP contribution in [-0.4, -0.2) is 77.7 Å². The first kappa shape index (κ1) is 28.5. The highest BCUT2D eigenvalue weighted by molar-refractivity contribution is 7.89. The summed E-state index contributed by atoms with van der Waals surface area (Å²) in [6.07, 6.45) is 2.08. The Morgan fingerprint density at radius 3 is 2.45 bits per heavy atom. The molecule has 2 saturated carbocycles. The Morgan fingerprint density at radius 2 is 1.90 bits per heavy atom. The van der Waals surface area contributed by atoms with Crippen LogP contribution in [0.4, 0.5) is 14.5 Å². The van der Waals surface area contributed by atoms with E-state index in [2.05, 4.69) is 19.8 Å². The number of aromatic nitrogens is 4. The number of ether oxygens (including phenoxy) is 2. The third-order valence-corrected chi connectivity index (χ3v) is 12.1. The monoisotopic (exact) mass is 624 g/mol. The zero-order chi connectivity index (χ0) is 29.7. The van der Waals surface area contributed by atoms with Gasteiger partial charge in [0.25, 0.3) is 6.43 Å². The maximum Gasteiger partial charge on any atom is 0.291 e. The van der Waals surface area contributed by atoms with Crippen molar-refractivity contribution in [3.63, 3.8) is 0 Å². The first-order valence-corrected chi connectivity index (χ1v) is 16.5. The number of alkyl halides is 2. The van der Waals surface area contributed by atoms with Crippen molar-refractivity contribution in [2.24, 2.45) is 5.41 Å². The molecule has 5 heterocycles. The second-order valence-corrected chi connectivity index (χ2v) is 15.2. The van der Waals surface area contributed by atoms with Crippen molar-refractivity contribution in [2.45, 2.75) is 87.0 Å². The van der Waals surface area contributed by atoms with E-state index >= 15 is 0 Å². The molecule has 2 atom stereocenters. The summed E-state index contributed by atoms with van der Waals surface area (Å²) in [6.45, 7) is 5.33. The van der Waals surface area contributed by atoms with Crippen molar-refractivity contribution >= 4 is 32.7 Å². The van der Waals surface area contributed by atoms with E-state index in [9.17, 15) is 22.3 Å². The quantitative estimate of drug-likeness (QED) is 0.386. The number of hydrogen-bond acceptors (Lipinski definition) is 10. The molecule has 3 aromatic heterocycles. The van der Waals surface area contributed by atoms with Crippen LogP contribution in [0.25, 0.3) is 16.3 Å². The highest BCUT2D eigenvalue weighted by Crippen LogP contribution is 2.53. The Labute approximate surface area is 246 Å². The van der Waals surface area contributed by atoms with Crippen molar-refractivity contribution in [1.82, 2.24) is 24.3 Å². The molecule has 0 radical (unpaired) electrons. The van der Waals surface area contributed by atoms with Crippen molar-refractivity contribution in [1.29, 1.82) is 0 Å². The lowest BCUT2D eigenvalue weighted by molar-refractivity contribution is 0.0250. The molecule has 4 aliphatic rings. The largest absolute Gasteiger partial charge is 0.390 e. The Hall–Kier alpha value is -2.30. The van der Waals surface area contributed by atoms with Crippen LogP contribution in [0.5, 0.6) is 0 Å². The molecular weight excluding hydrogens is 590 g/mol. The van der Waals surface area contributed by atoms with Crippen molar-refractivity contribution in [3.8, 4) is 10.7 Å². The second kappa shape index (κ2) is 9.60. The number of hydrogen-bond donors (Lipinski definition) is 2. The molecule has 2 saturated heterocycles. The molecule has 228 valence electrons. The third-order valence-electron chi connectivity index (χ3n) is 9.53. The van der Waals surface area contributed by atoms with Crippen LogP contribution in [-0.2, 0) is 25.1 Å². The fourth-order valence-electron chi connectivity index (χ4n) is 6.35. The van der Waals surface area contributed by atoms with Crippen LogP contribution in [0.1, 0.15) is 69.5 Å². The van der Waals surface area contributed by atoms with E-state index in [1.807, 2.05) is 13.8 Å². The van der Waals surface area contributed by atoms with Gasteiger partial charge in [0.1, 0.15) is 21.9 Å². The maximum atomic E-state index is 13.7. The number of pyridine rings is 1. The minimum Gasteiger partial charge on any atom is -0.390 e. The second-order valence-electron chi connectivity index (χ2n) is 12.5. The fraction of sp³-hybridized carbons (Fsp3) is 0.667. The van der Waals surface area contributed by atoms with Crippen LogP contribution in [0.3, 0.4) is 0 Å². The van der Waals surface area contributed by atoms with Gasteiger partial charge < -0.3 is 19.5 Å². The molecule has 2 aliphatic carbocycles. The summed E-state index contributed by atoms with van der Waals surface area (Å²) in [5, 5.41) is 18.5. The van der Waals surface area contributed by atoms with Gasteiger partial charge in [0, 0.05) is 37.4 Å². The SMILES string of the molecule is COC1(c2nc3c(N4CCC5(CC4)CO[C@@H](C)[C@H]5O)cc(S(=O)(=O)NC4(C)CC4)cn3c2-c2nnc(C(F)F)s2)CC1. The summed E-state index contributed by atoms with van der Waals surface area (Å²) in [5.74, 6) is 0. The van der Waals surface area contributed by atoms with E-state index in [-0.39, 0.29) is 21.4 Å². The molecule has 11 nitrogen and oxygen atoms in total. The topological polar surface area (TPSA) is 131 Å². The highest BCUT2D eigenvalue weighted by atomic mass is 32.2. The van der Waals surface area contributed by atoms with E-state index in [4.69, 9.17) is 14.5 Å². The fourth-order valence-corrected chi connectivity index (χ4v) is 8.58. The number of aliphatic hydroxyl groups is 1.